The largest absolute Gasteiger partial charge is 0.341 e. The van der Waals surface area contributed by atoms with Gasteiger partial charge in [-0.2, -0.15) is 5.10 Å². The number of hydrogen-bond acceptors (Lipinski definition) is 4. The lowest BCUT2D eigenvalue weighted by molar-refractivity contribution is 0.768. The molecule has 1 fully saturated rings. The normalized spacial score (nSPS) is 13.8. The first kappa shape index (κ1) is 16.0. The lowest BCUT2D eigenvalue weighted by atomic mass is 10.2. The number of benzene rings is 2. The minimum absolute atomic E-state index is 0.786. The summed E-state index contributed by atoms with van der Waals surface area (Å²) >= 11 is 0. The fourth-order valence-corrected chi connectivity index (χ4v) is 3.39. The van der Waals surface area contributed by atoms with Crippen molar-refractivity contribution in [1.82, 2.24) is 19.7 Å². The van der Waals surface area contributed by atoms with Crippen molar-refractivity contribution >= 4 is 22.4 Å². The van der Waals surface area contributed by atoms with E-state index < -0.39 is 0 Å². The second-order valence-electron chi connectivity index (χ2n) is 7.22. The summed E-state index contributed by atoms with van der Waals surface area (Å²) in [6.07, 6.45) is 8.24. The molecule has 1 saturated carbocycles. The molecule has 0 radical (unpaired) electrons. The van der Waals surface area contributed by atoms with Gasteiger partial charge in [0.2, 0.25) is 0 Å². The SMILES string of the molecule is Cn1cc(-c2cnc3ccc(N(CC4CC4)c4ccccc4)cc3n2)cn1. The van der Waals surface area contributed by atoms with Gasteiger partial charge in [-0.1, -0.05) is 18.2 Å². The van der Waals surface area contributed by atoms with Crippen LogP contribution < -0.4 is 4.90 Å². The van der Waals surface area contributed by atoms with Crippen LogP contribution in [-0.4, -0.2) is 26.3 Å². The minimum atomic E-state index is 0.786. The summed E-state index contributed by atoms with van der Waals surface area (Å²) in [5.41, 5.74) is 6.03. The first-order valence-corrected chi connectivity index (χ1v) is 9.35. The van der Waals surface area contributed by atoms with E-state index in [1.807, 2.05) is 25.6 Å². The molecular weight excluding hydrogens is 334 g/mol. The van der Waals surface area contributed by atoms with E-state index in [4.69, 9.17) is 4.98 Å². The predicted octanol–water partition coefficient (Wildman–Crippen LogP) is 4.58. The summed E-state index contributed by atoms with van der Waals surface area (Å²) in [6.45, 7) is 1.05. The molecule has 0 aliphatic heterocycles. The number of aromatic nitrogens is 4. The van der Waals surface area contributed by atoms with Crippen LogP contribution in [-0.2, 0) is 7.05 Å². The molecule has 0 spiro atoms. The summed E-state index contributed by atoms with van der Waals surface area (Å²) in [7, 11) is 1.91. The first-order chi connectivity index (χ1) is 13.3. The van der Waals surface area contributed by atoms with Crippen molar-refractivity contribution in [3.63, 3.8) is 0 Å². The Kier molecular flexibility index (Phi) is 3.85. The van der Waals surface area contributed by atoms with Crippen LogP contribution in [0.1, 0.15) is 12.8 Å². The number of anilines is 2. The van der Waals surface area contributed by atoms with E-state index in [-0.39, 0.29) is 0 Å². The minimum Gasteiger partial charge on any atom is -0.341 e. The predicted molar refractivity (Wildman–Crippen MR) is 108 cm³/mol. The van der Waals surface area contributed by atoms with Gasteiger partial charge in [0.25, 0.3) is 0 Å². The molecule has 4 aromatic rings. The van der Waals surface area contributed by atoms with Crippen molar-refractivity contribution < 1.29 is 0 Å². The van der Waals surface area contributed by atoms with Gasteiger partial charge in [0.1, 0.15) is 0 Å². The molecule has 0 unspecified atom stereocenters. The van der Waals surface area contributed by atoms with E-state index in [0.717, 1.165) is 34.8 Å². The third-order valence-electron chi connectivity index (χ3n) is 5.04. The molecular formula is C22H21N5. The topological polar surface area (TPSA) is 46.8 Å². The molecule has 2 aromatic carbocycles. The molecule has 0 bridgehead atoms. The average Bonchev–Trinajstić information content (AvgIpc) is 3.44. The second kappa shape index (κ2) is 6.50. The van der Waals surface area contributed by atoms with Gasteiger partial charge in [0.15, 0.2) is 0 Å². The van der Waals surface area contributed by atoms with E-state index in [2.05, 4.69) is 63.5 Å². The fourth-order valence-electron chi connectivity index (χ4n) is 3.39. The molecule has 5 heteroatoms. The molecule has 0 amide bonds. The lowest BCUT2D eigenvalue weighted by Crippen LogP contribution is -2.19. The number of nitrogens with zero attached hydrogens (tertiary/aromatic N) is 5. The Bertz CT molecular complexity index is 1080. The highest BCUT2D eigenvalue weighted by Crippen LogP contribution is 2.36. The number of rotatable bonds is 5. The zero-order valence-corrected chi connectivity index (χ0v) is 15.3. The van der Waals surface area contributed by atoms with Crippen molar-refractivity contribution in [2.24, 2.45) is 13.0 Å². The van der Waals surface area contributed by atoms with Crippen LogP contribution in [0.25, 0.3) is 22.3 Å². The molecule has 5 nitrogen and oxygen atoms in total. The summed E-state index contributed by atoms with van der Waals surface area (Å²) in [5.74, 6) is 0.786. The van der Waals surface area contributed by atoms with Crippen LogP contribution in [0.2, 0.25) is 0 Å². The molecule has 1 aliphatic carbocycles. The van der Waals surface area contributed by atoms with Crippen molar-refractivity contribution in [1.29, 1.82) is 0 Å². The zero-order valence-electron chi connectivity index (χ0n) is 15.3. The second-order valence-corrected chi connectivity index (χ2v) is 7.22. The number of hydrogen-bond donors (Lipinski definition) is 0. The third kappa shape index (κ3) is 3.28. The van der Waals surface area contributed by atoms with Crippen molar-refractivity contribution in [2.45, 2.75) is 12.8 Å². The molecule has 5 rings (SSSR count). The molecule has 2 heterocycles. The Morgan fingerprint density at radius 3 is 2.59 bits per heavy atom. The Morgan fingerprint density at radius 1 is 1.00 bits per heavy atom. The van der Waals surface area contributed by atoms with Gasteiger partial charge in [-0.3, -0.25) is 9.67 Å². The summed E-state index contributed by atoms with van der Waals surface area (Å²) in [4.78, 5) is 11.8. The molecule has 0 atom stereocenters. The highest BCUT2D eigenvalue weighted by Gasteiger charge is 2.25. The molecule has 0 saturated heterocycles. The quantitative estimate of drug-likeness (QED) is 0.526. The Hall–Kier alpha value is -3.21. The van der Waals surface area contributed by atoms with Gasteiger partial charge >= 0.3 is 0 Å². The van der Waals surface area contributed by atoms with Crippen LogP contribution in [0.4, 0.5) is 11.4 Å². The average molecular weight is 355 g/mol. The van der Waals surface area contributed by atoms with Crippen molar-refractivity contribution in [2.75, 3.05) is 11.4 Å². The number of fused-ring (bicyclic) bond motifs is 1. The molecule has 0 N–H and O–H groups in total. The molecule has 134 valence electrons. The van der Waals surface area contributed by atoms with Gasteiger partial charge in [-0.05, 0) is 49.1 Å². The van der Waals surface area contributed by atoms with Crippen LogP contribution in [0.3, 0.4) is 0 Å². The first-order valence-electron chi connectivity index (χ1n) is 9.35. The van der Waals surface area contributed by atoms with Gasteiger partial charge in [0, 0.05) is 36.7 Å². The summed E-state index contributed by atoms with van der Waals surface area (Å²) in [5, 5.41) is 4.24. The van der Waals surface area contributed by atoms with E-state index in [0.29, 0.717) is 0 Å². The fraction of sp³-hybridized carbons (Fsp3) is 0.227. The Morgan fingerprint density at radius 2 is 1.85 bits per heavy atom. The van der Waals surface area contributed by atoms with E-state index in [9.17, 15) is 0 Å². The van der Waals surface area contributed by atoms with Crippen LogP contribution >= 0.6 is 0 Å². The Labute approximate surface area is 158 Å². The zero-order chi connectivity index (χ0) is 18.2. The van der Waals surface area contributed by atoms with Gasteiger partial charge in [0.05, 0.1) is 29.1 Å². The van der Waals surface area contributed by atoms with Crippen LogP contribution in [0.5, 0.6) is 0 Å². The maximum atomic E-state index is 4.85. The van der Waals surface area contributed by atoms with E-state index in [1.165, 1.54) is 24.2 Å². The van der Waals surface area contributed by atoms with E-state index in [1.54, 1.807) is 4.68 Å². The number of aryl methyl sites for hydroxylation is 1. The maximum absolute atomic E-state index is 4.85. The van der Waals surface area contributed by atoms with Crippen LogP contribution in [0, 0.1) is 5.92 Å². The van der Waals surface area contributed by atoms with Crippen molar-refractivity contribution in [3.8, 4) is 11.3 Å². The van der Waals surface area contributed by atoms with Gasteiger partial charge in [-0.25, -0.2) is 4.98 Å². The number of para-hydroxylation sites is 1. The summed E-state index contributed by atoms with van der Waals surface area (Å²) in [6, 6.07) is 17.0. The highest BCUT2D eigenvalue weighted by atomic mass is 15.2. The van der Waals surface area contributed by atoms with Gasteiger partial charge in [-0.15, -0.1) is 0 Å². The third-order valence-corrected chi connectivity index (χ3v) is 5.04. The van der Waals surface area contributed by atoms with Crippen molar-refractivity contribution in [3.05, 3.63) is 67.1 Å². The highest BCUT2D eigenvalue weighted by molar-refractivity contribution is 5.82. The Balaban J connectivity index is 1.57. The van der Waals surface area contributed by atoms with E-state index >= 15 is 0 Å². The standard InChI is InChI=1S/C22H21N5/c1-26-15-17(12-24-26)22-13-23-20-10-9-19(11-21(20)25-22)27(14-16-7-8-16)18-5-3-2-4-6-18/h2-6,9-13,15-16H,7-8,14H2,1H3. The monoisotopic (exact) mass is 355 g/mol. The summed E-state index contributed by atoms with van der Waals surface area (Å²) < 4.78 is 1.78. The molecule has 1 aliphatic rings. The van der Waals surface area contributed by atoms with Crippen LogP contribution in [0.15, 0.2) is 67.1 Å². The van der Waals surface area contributed by atoms with Gasteiger partial charge < -0.3 is 4.90 Å². The smallest absolute Gasteiger partial charge is 0.0924 e. The molecule has 2 aromatic heterocycles. The molecule has 27 heavy (non-hydrogen) atoms. The maximum Gasteiger partial charge on any atom is 0.0924 e. The lowest BCUT2D eigenvalue weighted by Gasteiger charge is -2.25.